The van der Waals surface area contributed by atoms with Crippen molar-refractivity contribution in [1.82, 2.24) is 0 Å². The number of nitrogens with zero attached hydrogens (tertiary/aromatic N) is 4. The molecule has 0 aliphatic rings. The summed E-state index contributed by atoms with van der Waals surface area (Å²) in [6.07, 6.45) is -4.63. The average molecular weight is 470 g/mol. The summed E-state index contributed by atoms with van der Waals surface area (Å²) in [5, 5.41) is 18.8. The first kappa shape index (κ1) is 24.4. The highest BCUT2D eigenvalue weighted by molar-refractivity contribution is 5.72. The lowest BCUT2D eigenvalue weighted by Gasteiger charge is -2.14. The number of halogens is 3. The van der Waals surface area contributed by atoms with Gasteiger partial charge in [-0.1, -0.05) is 23.8 Å². The van der Waals surface area contributed by atoms with Crippen LogP contribution in [-0.4, -0.2) is 0 Å². The molecule has 0 aliphatic heterocycles. The third kappa shape index (κ3) is 5.57. The maximum Gasteiger partial charge on any atom is 0.416 e. The Hall–Kier alpha value is -5.25. The number of hydrogen-bond donors (Lipinski definition) is 0. The summed E-state index contributed by atoms with van der Waals surface area (Å²) in [4.78, 5) is 6.36. The minimum Gasteiger partial charge on any atom is -0.458 e. The summed E-state index contributed by atoms with van der Waals surface area (Å²) >= 11 is 0. The third-order valence-corrected chi connectivity index (χ3v) is 4.65. The van der Waals surface area contributed by atoms with Crippen molar-refractivity contribution < 1.29 is 22.6 Å². The molecule has 3 aromatic rings. The first-order valence-electron chi connectivity index (χ1n) is 9.77. The Kier molecular flexibility index (Phi) is 7.06. The van der Waals surface area contributed by atoms with Gasteiger partial charge >= 0.3 is 6.18 Å². The van der Waals surface area contributed by atoms with Crippen LogP contribution in [0.2, 0.25) is 0 Å². The van der Waals surface area contributed by atoms with Crippen molar-refractivity contribution in [1.29, 1.82) is 10.5 Å². The summed E-state index contributed by atoms with van der Waals surface area (Å²) in [7, 11) is 0. The maximum absolute atomic E-state index is 13.2. The topological polar surface area (TPSA) is 74.8 Å². The van der Waals surface area contributed by atoms with Gasteiger partial charge in [-0.2, -0.15) is 13.2 Å². The molecular formula is C26H13F3N4O2. The van der Waals surface area contributed by atoms with Crippen LogP contribution in [-0.2, 0) is 6.18 Å². The van der Waals surface area contributed by atoms with Gasteiger partial charge in [-0.25, -0.2) is 20.2 Å². The summed E-state index contributed by atoms with van der Waals surface area (Å²) in [5.41, 5.74) is -0.829. The van der Waals surface area contributed by atoms with E-state index in [9.17, 15) is 23.7 Å². The summed E-state index contributed by atoms with van der Waals surface area (Å²) in [6, 6.07) is 16.8. The predicted octanol–water partition coefficient (Wildman–Crippen LogP) is 5.70. The fourth-order valence-corrected chi connectivity index (χ4v) is 3.01. The zero-order chi connectivity index (χ0) is 25.6. The van der Waals surface area contributed by atoms with Gasteiger partial charge in [-0.05, 0) is 54.6 Å². The number of alkyl halides is 3. The van der Waals surface area contributed by atoms with Crippen LogP contribution in [0.4, 0.5) is 13.2 Å². The second-order valence-corrected chi connectivity index (χ2v) is 7.03. The van der Waals surface area contributed by atoms with E-state index in [1.165, 1.54) is 18.2 Å². The molecule has 0 aromatic heterocycles. The molecule has 0 atom stereocenters. The molecule has 0 fully saturated rings. The lowest BCUT2D eigenvalue weighted by atomic mass is 10.1. The first-order valence-corrected chi connectivity index (χ1v) is 9.77. The zero-order valence-electron chi connectivity index (χ0n) is 18.0. The minimum absolute atomic E-state index is 0.0395. The average Bonchev–Trinajstić information content (AvgIpc) is 2.83. The second kappa shape index (κ2) is 10.1. The van der Waals surface area contributed by atoms with E-state index in [0.29, 0.717) is 5.75 Å². The van der Waals surface area contributed by atoms with Crippen LogP contribution in [0.5, 0.6) is 23.0 Å². The largest absolute Gasteiger partial charge is 0.458 e. The van der Waals surface area contributed by atoms with Gasteiger partial charge < -0.3 is 9.47 Å². The molecule has 0 saturated heterocycles. The standard InChI is InChI=1S/C26H13F3N4O2/c1-16-7-9-19(10-8-16)34-23-11-17(21(14-30)32-2)12-24(25(23)22(15-31)33-3)35-20-6-4-5-18(13-20)26(27,28)29/h4-13H,1H3. The van der Waals surface area contributed by atoms with E-state index in [-0.39, 0.29) is 33.4 Å². The number of rotatable bonds is 4. The van der Waals surface area contributed by atoms with E-state index in [1.807, 2.05) is 6.92 Å². The van der Waals surface area contributed by atoms with Crippen LogP contribution in [0.3, 0.4) is 0 Å². The molecule has 6 nitrogen and oxygen atoms in total. The molecule has 0 unspecified atom stereocenters. The van der Waals surface area contributed by atoms with Gasteiger partial charge in [0.2, 0.25) is 0 Å². The van der Waals surface area contributed by atoms with Crippen molar-refractivity contribution >= 4 is 11.4 Å². The van der Waals surface area contributed by atoms with E-state index in [1.54, 1.807) is 36.4 Å². The Labute approximate surface area is 198 Å². The van der Waals surface area contributed by atoms with Gasteiger partial charge in [0.1, 0.15) is 23.0 Å². The number of hydrogen-bond acceptors (Lipinski definition) is 4. The number of aryl methyl sites for hydroxylation is 1. The molecule has 35 heavy (non-hydrogen) atoms. The Morgan fingerprint density at radius 1 is 0.829 bits per heavy atom. The van der Waals surface area contributed by atoms with Crippen molar-refractivity contribution in [2.24, 2.45) is 0 Å². The van der Waals surface area contributed by atoms with Gasteiger partial charge in [-0.3, -0.25) is 0 Å². The Morgan fingerprint density at radius 3 is 1.91 bits per heavy atom. The van der Waals surface area contributed by atoms with Crippen molar-refractivity contribution in [3.05, 3.63) is 105 Å². The van der Waals surface area contributed by atoms with E-state index >= 15 is 0 Å². The number of nitriles is 2. The van der Waals surface area contributed by atoms with Crippen LogP contribution in [0.15, 0.2) is 60.7 Å². The summed E-state index contributed by atoms with van der Waals surface area (Å²) in [6.45, 7) is 16.5. The summed E-state index contributed by atoms with van der Waals surface area (Å²) < 4.78 is 51.1. The molecule has 0 aliphatic carbocycles. The molecule has 9 heteroatoms. The highest BCUT2D eigenvalue weighted by Crippen LogP contribution is 2.32. The zero-order valence-corrected chi connectivity index (χ0v) is 18.0. The van der Waals surface area contributed by atoms with Crippen LogP contribution in [0.1, 0.15) is 11.1 Å². The van der Waals surface area contributed by atoms with Crippen molar-refractivity contribution in [3.8, 4) is 35.1 Å². The van der Waals surface area contributed by atoms with Gasteiger partial charge in [0.25, 0.3) is 11.4 Å². The Morgan fingerprint density at radius 2 is 1.40 bits per heavy atom. The third-order valence-electron chi connectivity index (χ3n) is 4.65. The van der Waals surface area contributed by atoms with Gasteiger partial charge in [0.15, 0.2) is 0 Å². The molecule has 0 amide bonds. The smallest absolute Gasteiger partial charge is 0.416 e. The number of benzene rings is 3. The lowest BCUT2D eigenvalue weighted by molar-refractivity contribution is -0.137. The molecule has 0 bridgehead atoms. The number of ether oxygens (including phenoxy) is 2. The molecule has 0 heterocycles. The molecule has 3 aromatic carbocycles. The maximum atomic E-state index is 13.2. The van der Waals surface area contributed by atoms with Crippen LogP contribution in [0, 0.1) is 42.7 Å². The molecule has 0 N–H and O–H groups in total. The predicted molar refractivity (Wildman–Crippen MR) is 120 cm³/mol. The van der Waals surface area contributed by atoms with E-state index < -0.39 is 17.4 Å². The summed E-state index contributed by atoms with van der Waals surface area (Å²) in [5.74, 6) is -0.226. The fourth-order valence-electron chi connectivity index (χ4n) is 3.01. The molecule has 3 rings (SSSR count). The molecule has 170 valence electrons. The van der Waals surface area contributed by atoms with Gasteiger partial charge in [-0.15, -0.1) is 0 Å². The molecule has 0 saturated carbocycles. The fraction of sp³-hybridized carbons (Fsp3) is 0.0769. The highest BCUT2D eigenvalue weighted by atomic mass is 19.4. The van der Waals surface area contributed by atoms with Crippen molar-refractivity contribution in [3.63, 3.8) is 0 Å². The first-order chi connectivity index (χ1) is 16.7. The molecule has 0 spiro atoms. The van der Waals surface area contributed by atoms with Crippen LogP contribution in [0.25, 0.3) is 21.1 Å². The van der Waals surface area contributed by atoms with Crippen LogP contribution >= 0.6 is 0 Å². The minimum atomic E-state index is -4.63. The Bertz CT molecular complexity index is 1550. The van der Waals surface area contributed by atoms with Gasteiger partial charge in [0.05, 0.1) is 36.1 Å². The van der Waals surface area contributed by atoms with Gasteiger partial charge in [0, 0.05) is 0 Å². The SMILES string of the molecule is [C-]#[N+]C(C#N)=c1cc(Oc2ccc(C)cc2)c(=C(C#N)[N+]#[C-])c(Oc2cccc(C(F)(F)F)c2)c1. The van der Waals surface area contributed by atoms with E-state index in [4.69, 9.17) is 22.6 Å². The van der Waals surface area contributed by atoms with E-state index in [2.05, 4.69) is 9.69 Å². The quantitative estimate of drug-likeness (QED) is 0.459. The van der Waals surface area contributed by atoms with Crippen LogP contribution < -0.4 is 19.9 Å². The molecule has 0 radical (unpaired) electrons. The molecular weight excluding hydrogens is 457 g/mol. The second-order valence-electron chi connectivity index (χ2n) is 7.03. The van der Waals surface area contributed by atoms with Crippen molar-refractivity contribution in [2.45, 2.75) is 13.1 Å². The normalized spacial score (nSPS) is 12.2. The Balaban J connectivity index is 2.36. The van der Waals surface area contributed by atoms with E-state index in [0.717, 1.165) is 23.8 Å². The highest BCUT2D eigenvalue weighted by Gasteiger charge is 2.30. The monoisotopic (exact) mass is 470 g/mol. The van der Waals surface area contributed by atoms with Crippen molar-refractivity contribution in [2.75, 3.05) is 0 Å². The lowest BCUT2D eigenvalue weighted by Crippen LogP contribution is -2.18.